The van der Waals surface area contributed by atoms with Crippen molar-refractivity contribution in [2.24, 2.45) is 5.92 Å². The molecular weight excluding hydrogens is 451 g/mol. The van der Waals surface area contributed by atoms with Gasteiger partial charge in [0.25, 0.3) is 5.91 Å². The number of nitrogens with one attached hydrogen (secondary N) is 1. The summed E-state index contributed by atoms with van der Waals surface area (Å²) in [4.78, 5) is 17.0. The third-order valence-electron chi connectivity index (χ3n) is 6.05. The van der Waals surface area contributed by atoms with E-state index in [0.717, 1.165) is 26.2 Å². The fraction of sp³-hybridized carbons (Fsp3) is 0.455. The van der Waals surface area contributed by atoms with Crippen molar-refractivity contribution in [2.75, 3.05) is 12.4 Å². The Labute approximate surface area is 186 Å². The minimum Gasteiger partial charge on any atom is -0.493 e. The van der Waals surface area contributed by atoms with Gasteiger partial charge in [0.05, 0.1) is 18.9 Å². The Morgan fingerprint density at radius 1 is 1.30 bits per heavy atom. The van der Waals surface area contributed by atoms with Gasteiger partial charge in [0, 0.05) is 29.3 Å². The molecule has 5 atom stereocenters. The summed E-state index contributed by atoms with van der Waals surface area (Å²) < 4.78 is 80.2. The Morgan fingerprint density at radius 2 is 1.97 bits per heavy atom. The number of rotatable bonds is 5. The Bertz CT molecular complexity index is 1050. The SMILES string of the molecule is COc1c([C@H]2[C@H](C(=O)Nc3ccnc([C@@H](C)O)c3)O[C@@](C)(C(F)(F)F)[C@H]2C)ccc(F)c1F. The second kappa shape index (κ2) is 8.86. The number of aromatic nitrogens is 1. The molecule has 1 amide bonds. The highest BCUT2D eigenvalue weighted by Crippen LogP contribution is 2.55. The zero-order valence-electron chi connectivity index (χ0n) is 18.2. The van der Waals surface area contributed by atoms with E-state index < -0.39 is 59.1 Å². The maximum atomic E-state index is 14.4. The number of carbonyl (C=O) groups is 1. The topological polar surface area (TPSA) is 80.7 Å². The smallest absolute Gasteiger partial charge is 0.417 e. The first-order valence-corrected chi connectivity index (χ1v) is 10.0. The van der Waals surface area contributed by atoms with Gasteiger partial charge in [0.15, 0.2) is 17.2 Å². The quantitative estimate of drug-likeness (QED) is 0.624. The maximum absolute atomic E-state index is 14.4. The molecule has 0 unspecified atom stereocenters. The van der Waals surface area contributed by atoms with Crippen LogP contribution in [0, 0.1) is 17.6 Å². The number of hydrogen-bond acceptors (Lipinski definition) is 5. The number of aliphatic hydroxyl groups excluding tert-OH is 1. The number of nitrogens with zero attached hydrogens (tertiary/aromatic N) is 1. The molecule has 6 nitrogen and oxygen atoms in total. The van der Waals surface area contributed by atoms with Crippen molar-refractivity contribution >= 4 is 11.6 Å². The zero-order chi connectivity index (χ0) is 24.7. The molecule has 3 rings (SSSR count). The molecule has 1 aromatic carbocycles. The number of hydrogen-bond donors (Lipinski definition) is 2. The van der Waals surface area contributed by atoms with Gasteiger partial charge >= 0.3 is 6.18 Å². The highest BCUT2D eigenvalue weighted by molar-refractivity contribution is 5.95. The van der Waals surface area contributed by atoms with Crippen LogP contribution in [-0.2, 0) is 9.53 Å². The highest BCUT2D eigenvalue weighted by atomic mass is 19.4. The summed E-state index contributed by atoms with van der Waals surface area (Å²) in [5.41, 5.74) is -2.49. The Balaban J connectivity index is 2.07. The third-order valence-corrected chi connectivity index (χ3v) is 6.05. The number of ether oxygens (including phenoxy) is 2. The first-order valence-electron chi connectivity index (χ1n) is 10.0. The molecule has 2 aromatic rings. The van der Waals surface area contributed by atoms with Crippen LogP contribution < -0.4 is 10.1 Å². The number of benzene rings is 1. The highest BCUT2D eigenvalue weighted by Gasteiger charge is 2.65. The fourth-order valence-corrected chi connectivity index (χ4v) is 4.01. The third kappa shape index (κ3) is 4.39. The van der Waals surface area contributed by atoms with E-state index in [2.05, 4.69) is 10.3 Å². The van der Waals surface area contributed by atoms with Gasteiger partial charge in [-0.3, -0.25) is 9.78 Å². The van der Waals surface area contributed by atoms with E-state index in [4.69, 9.17) is 9.47 Å². The van der Waals surface area contributed by atoms with E-state index in [-0.39, 0.29) is 16.9 Å². The number of alkyl halides is 3. The van der Waals surface area contributed by atoms with Crippen molar-refractivity contribution in [2.45, 2.75) is 50.7 Å². The van der Waals surface area contributed by atoms with Crippen LogP contribution in [0.15, 0.2) is 30.5 Å². The van der Waals surface area contributed by atoms with E-state index in [1.165, 1.54) is 32.2 Å². The van der Waals surface area contributed by atoms with Gasteiger partial charge in [-0.1, -0.05) is 13.0 Å². The summed E-state index contributed by atoms with van der Waals surface area (Å²) in [7, 11) is 1.05. The van der Waals surface area contributed by atoms with E-state index in [1.807, 2.05) is 0 Å². The summed E-state index contributed by atoms with van der Waals surface area (Å²) in [5.74, 6) is -6.84. The molecule has 2 N–H and O–H groups in total. The molecule has 0 saturated carbocycles. The van der Waals surface area contributed by atoms with Crippen molar-refractivity contribution in [3.63, 3.8) is 0 Å². The lowest BCUT2D eigenvalue weighted by Gasteiger charge is -2.32. The second-order valence-corrected chi connectivity index (χ2v) is 8.08. The lowest BCUT2D eigenvalue weighted by molar-refractivity contribution is -0.272. The van der Waals surface area contributed by atoms with Gasteiger partial charge in [-0.05, 0) is 32.0 Å². The lowest BCUT2D eigenvalue weighted by Crippen LogP contribution is -2.47. The molecule has 1 aliphatic rings. The first-order chi connectivity index (χ1) is 15.3. The van der Waals surface area contributed by atoms with Gasteiger partial charge < -0.3 is 19.9 Å². The van der Waals surface area contributed by atoms with Crippen LogP contribution in [-0.4, -0.2) is 41.0 Å². The molecule has 0 spiro atoms. The van der Waals surface area contributed by atoms with Crippen LogP contribution in [0.1, 0.15) is 44.1 Å². The Kier molecular flexibility index (Phi) is 6.67. The second-order valence-electron chi connectivity index (χ2n) is 8.08. The van der Waals surface area contributed by atoms with E-state index >= 15 is 0 Å². The van der Waals surface area contributed by atoms with Gasteiger partial charge in [-0.15, -0.1) is 0 Å². The number of amides is 1. The van der Waals surface area contributed by atoms with Crippen LogP contribution in [0.3, 0.4) is 0 Å². The average Bonchev–Trinajstić information content (AvgIpc) is 3.02. The minimum atomic E-state index is -4.86. The molecule has 11 heteroatoms. The lowest BCUT2D eigenvalue weighted by atomic mass is 9.77. The molecule has 2 heterocycles. The van der Waals surface area contributed by atoms with Crippen LogP contribution in [0.2, 0.25) is 0 Å². The molecule has 180 valence electrons. The molecule has 0 radical (unpaired) electrons. The summed E-state index contributed by atoms with van der Waals surface area (Å²) in [6.45, 7) is 3.49. The van der Waals surface area contributed by atoms with Crippen molar-refractivity contribution in [1.29, 1.82) is 0 Å². The predicted molar refractivity (Wildman–Crippen MR) is 108 cm³/mol. The minimum absolute atomic E-state index is 0.128. The molecule has 0 aliphatic carbocycles. The number of methoxy groups -OCH3 is 1. The van der Waals surface area contributed by atoms with Gasteiger partial charge in [0.1, 0.15) is 6.10 Å². The van der Waals surface area contributed by atoms with Crippen molar-refractivity contribution in [1.82, 2.24) is 4.98 Å². The number of carbonyl (C=O) groups excluding carboxylic acids is 1. The summed E-state index contributed by atoms with van der Waals surface area (Å²) in [6.07, 6.45) is -6.21. The Morgan fingerprint density at radius 3 is 2.55 bits per heavy atom. The fourth-order valence-electron chi connectivity index (χ4n) is 4.01. The number of pyridine rings is 1. The standard InChI is InChI=1S/C22H23F5N2O4/c1-10-16(13-5-6-14(23)17(24)18(13)32-4)19(33-21(10,3)22(25,26)27)20(31)29-12-7-8-28-15(9-12)11(2)30/h5-11,16,19,30H,1-4H3,(H,28,29,31)/t10-,11+,16-,19+,21+/m0/s1. The molecule has 33 heavy (non-hydrogen) atoms. The Hall–Kier alpha value is -2.79. The molecule has 1 fully saturated rings. The van der Waals surface area contributed by atoms with Gasteiger partial charge in [-0.2, -0.15) is 17.6 Å². The normalized spacial score (nSPS) is 26.2. The number of aliphatic hydroxyl groups is 1. The van der Waals surface area contributed by atoms with Crippen molar-refractivity contribution < 1.29 is 41.3 Å². The number of halogens is 5. The van der Waals surface area contributed by atoms with Crippen molar-refractivity contribution in [3.8, 4) is 5.75 Å². The van der Waals surface area contributed by atoms with Crippen LogP contribution in [0.25, 0.3) is 0 Å². The van der Waals surface area contributed by atoms with Crippen LogP contribution in [0.5, 0.6) is 5.75 Å². The molecule has 1 aromatic heterocycles. The molecule has 1 aliphatic heterocycles. The van der Waals surface area contributed by atoms with Gasteiger partial charge in [0.2, 0.25) is 5.82 Å². The zero-order valence-corrected chi connectivity index (χ0v) is 18.2. The van der Waals surface area contributed by atoms with Crippen LogP contribution >= 0.6 is 0 Å². The average molecular weight is 474 g/mol. The summed E-state index contributed by atoms with van der Waals surface area (Å²) in [5, 5.41) is 12.1. The molecule has 1 saturated heterocycles. The maximum Gasteiger partial charge on any atom is 0.417 e. The summed E-state index contributed by atoms with van der Waals surface area (Å²) >= 11 is 0. The largest absolute Gasteiger partial charge is 0.493 e. The summed E-state index contributed by atoms with van der Waals surface area (Å²) in [6, 6.07) is 4.59. The first kappa shape index (κ1) is 24.8. The van der Waals surface area contributed by atoms with Crippen LogP contribution in [0.4, 0.5) is 27.6 Å². The van der Waals surface area contributed by atoms with Gasteiger partial charge in [-0.25, -0.2) is 4.39 Å². The number of anilines is 1. The van der Waals surface area contributed by atoms with E-state index in [0.29, 0.717) is 0 Å². The molecule has 0 bridgehead atoms. The predicted octanol–water partition coefficient (Wildman–Crippen LogP) is 4.50. The van der Waals surface area contributed by atoms with Crippen molar-refractivity contribution in [3.05, 3.63) is 53.4 Å². The monoisotopic (exact) mass is 474 g/mol. The van der Waals surface area contributed by atoms with E-state index in [9.17, 15) is 31.9 Å². The van der Waals surface area contributed by atoms with E-state index in [1.54, 1.807) is 0 Å². The molecular formula is C22H23F5N2O4.